The molecule has 1 unspecified atom stereocenters. The number of benzene rings is 1. The molecule has 1 aromatic heterocycles. The van der Waals surface area contributed by atoms with Crippen molar-refractivity contribution in [1.82, 2.24) is 4.90 Å². The molecule has 1 amide bonds. The van der Waals surface area contributed by atoms with Crippen LogP contribution in [-0.4, -0.2) is 35.0 Å². The van der Waals surface area contributed by atoms with E-state index < -0.39 is 5.97 Å². The summed E-state index contributed by atoms with van der Waals surface area (Å²) in [6.07, 6.45) is 3.54. The van der Waals surface area contributed by atoms with Gasteiger partial charge in [0.2, 0.25) is 0 Å². The smallest absolute Gasteiger partial charge is 0.339 e. The van der Waals surface area contributed by atoms with Gasteiger partial charge in [0.1, 0.15) is 11.3 Å². The molecule has 0 bridgehead atoms. The van der Waals surface area contributed by atoms with Gasteiger partial charge in [0, 0.05) is 18.0 Å². The molecule has 0 aliphatic carbocycles. The first-order chi connectivity index (χ1) is 12.1. The van der Waals surface area contributed by atoms with E-state index in [4.69, 9.17) is 9.52 Å². The molecule has 1 aliphatic heterocycles. The SMILES string of the molecule is CCC1CCN(C(=O)c2ccccc2SCc2occc2C(=O)O)C1. The van der Waals surface area contributed by atoms with Crippen molar-refractivity contribution in [1.29, 1.82) is 0 Å². The average Bonchev–Trinajstić information content (AvgIpc) is 3.28. The third kappa shape index (κ3) is 3.90. The number of carboxylic acids is 1. The number of amides is 1. The molecule has 25 heavy (non-hydrogen) atoms. The van der Waals surface area contributed by atoms with Crippen LogP contribution in [0, 0.1) is 5.92 Å². The van der Waals surface area contributed by atoms with Gasteiger partial charge in [-0.2, -0.15) is 0 Å². The summed E-state index contributed by atoms with van der Waals surface area (Å²) in [4.78, 5) is 26.8. The van der Waals surface area contributed by atoms with E-state index in [0.717, 1.165) is 30.8 Å². The highest BCUT2D eigenvalue weighted by molar-refractivity contribution is 7.98. The lowest BCUT2D eigenvalue weighted by molar-refractivity contribution is 0.0694. The van der Waals surface area contributed by atoms with Crippen LogP contribution in [-0.2, 0) is 5.75 Å². The number of furan rings is 1. The van der Waals surface area contributed by atoms with Crippen molar-refractivity contribution in [3.8, 4) is 0 Å². The van der Waals surface area contributed by atoms with Crippen LogP contribution >= 0.6 is 11.8 Å². The Hall–Kier alpha value is -2.21. The number of carboxylic acid groups (broad SMARTS) is 1. The molecular weight excluding hydrogens is 338 g/mol. The van der Waals surface area contributed by atoms with Crippen LogP contribution in [0.15, 0.2) is 45.9 Å². The molecule has 1 saturated heterocycles. The molecule has 3 rings (SSSR count). The van der Waals surface area contributed by atoms with Crippen LogP contribution < -0.4 is 0 Å². The van der Waals surface area contributed by atoms with Crippen LogP contribution in [0.4, 0.5) is 0 Å². The van der Waals surface area contributed by atoms with Crippen LogP contribution in [0.5, 0.6) is 0 Å². The number of likely N-dealkylation sites (tertiary alicyclic amines) is 1. The molecule has 0 saturated carbocycles. The highest BCUT2D eigenvalue weighted by Gasteiger charge is 2.27. The van der Waals surface area contributed by atoms with E-state index in [2.05, 4.69) is 6.92 Å². The van der Waals surface area contributed by atoms with Crippen LogP contribution in [0.1, 0.15) is 46.2 Å². The molecule has 1 atom stereocenters. The Morgan fingerprint density at radius 1 is 1.28 bits per heavy atom. The van der Waals surface area contributed by atoms with Crippen molar-refractivity contribution >= 4 is 23.6 Å². The van der Waals surface area contributed by atoms with E-state index in [1.807, 2.05) is 29.2 Å². The number of carbonyl (C=O) groups excluding carboxylic acids is 1. The molecule has 1 aliphatic rings. The number of aromatic carboxylic acids is 1. The molecule has 1 fully saturated rings. The predicted octanol–water partition coefficient (Wildman–Crippen LogP) is 4.14. The van der Waals surface area contributed by atoms with E-state index in [0.29, 0.717) is 23.0 Å². The molecule has 0 spiro atoms. The minimum atomic E-state index is -1.00. The number of hydrogen-bond donors (Lipinski definition) is 1. The Labute approximate surface area is 151 Å². The van der Waals surface area contributed by atoms with Gasteiger partial charge in [-0.1, -0.05) is 25.5 Å². The first kappa shape index (κ1) is 17.6. The van der Waals surface area contributed by atoms with Crippen LogP contribution in [0.25, 0.3) is 0 Å². The van der Waals surface area contributed by atoms with Gasteiger partial charge in [-0.3, -0.25) is 4.79 Å². The molecule has 132 valence electrons. The molecule has 1 N–H and O–H groups in total. The fraction of sp³-hybridized carbons (Fsp3) is 0.368. The maximum Gasteiger partial charge on any atom is 0.339 e. The van der Waals surface area contributed by atoms with Gasteiger partial charge in [-0.05, 0) is 30.5 Å². The van der Waals surface area contributed by atoms with Crippen molar-refractivity contribution < 1.29 is 19.1 Å². The van der Waals surface area contributed by atoms with Gasteiger partial charge in [0.25, 0.3) is 5.91 Å². The maximum absolute atomic E-state index is 12.9. The highest BCUT2D eigenvalue weighted by atomic mass is 32.2. The lowest BCUT2D eigenvalue weighted by Crippen LogP contribution is -2.29. The zero-order valence-electron chi connectivity index (χ0n) is 14.1. The largest absolute Gasteiger partial charge is 0.478 e. The van der Waals surface area contributed by atoms with E-state index in [-0.39, 0.29) is 11.5 Å². The maximum atomic E-state index is 12.9. The number of thioether (sulfide) groups is 1. The monoisotopic (exact) mass is 359 g/mol. The normalized spacial score (nSPS) is 17.0. The number of nitrogens with zero attached hydrogens (tertiary/aromatic N) is 1. The molecule has 2 aromatic rings. The Morgan fingerprint density at radius 2 is 2.08 bits per heavy atom. The topological polar surface area (TPSA) is 70.8 Å². The van der Waals surface area contributed by atoms with Gasteiger partial charge < -0.3 is 14.4 Å². The third-order valence-corrected chi connectivity index (χ3v) is 5.68. The summed E-state index contributed by atoms with van der Waals surface area (Å²) in [6.45, 7) is 3.78. The fourth-order valence-corrected chi connectivity index (χ4v) is 4.07. The zero-order valence-corrected chi connectivity index (χ0v) is 14.9. The second kappa shape index (κ2) is 7.78. The molecular formula is C19H21NO4S. The number of carbonyl (C=O) groups is 2. The lowest BCUT2D eigenvalue weighted by atomic mass is 10.1. The first-order valence-electron chi connectivity index (χ1n) is 8.41. The van der Waals surface area contributed by atoms with Gasteiger partial charge >= 0.3 is 5.97 Å². The predicted molar refractivity (Wildman–Crippen MR) is 96.0 cm³/mol. The van der Waals surface area contributed by atoms with E-state index in [1.165, 1.54) is 24.1 Å². The summed E-state index contributed by atoms with van der Waals surface area (Å²) in [7, 11) is 0. The van der Waals surface area contributed by atoms with Crippen molar-refractivity contribution in [3.63, 3.8) is 0 Å². The summed E-state index contributed by atoms with van der Waals surface area (Å²) in [5.74, 6) is 0.418. The Morgan fingerprint density at radius 3 is 2.80 bits per heavy atom. The minimum absolute atomic E-state index is 0.0527. The van der Waals surface area contributed by atoms with E-state index in [1.54, 1.807) is 0 Å². The standard InChI is InChI=1S/C19H21NO4S/c1-2-13-7-9-20(11-13)18(21)15-5-3-4-6-17(15)25-12-16-14(19(22)23)8-10-24-16/h3-6,8,10,13H,2,7,9,11-12H2,1H3,(H,22,23). The van der Waals surface area contributed by atoms with E-state index >= 15 is 0 Å². The van der Waals surface area contributed by atoms with Gasteiger partial charge in [-0.25, -0.2) is 4.79 Å². The second-order valence-corrected chi connectivity index (χ2v) is 7.18. The van der Waals surface area contributed by atoms with Gasteiger partial charge in [0.15, 0.2) is 0 Å². The van der Waals surface area contributed by atoms with E-state index in [9.17, 15) is 9.59 Å². The fourth-order valence-electron chi connectivity index (χ4n) is 3.08. The van der Waals surface area contributed by atoms with Crippen molar-refractivity contribution in [2.24, 2.45) is 5.92 Å². The quantitative estimate of drug-likeness (QED) is 0.785. The highest BCUT2D eigenvalue weighted by Crippen LogP contribution is 2.30. The lowest BCUT2D eigenvalue weighted by Gasteiger charge is -2.18. The summed E-state index contributed by atoms with van der Waals surface area (Å²) >= 11 is 1.43. The van der Waals surface area contributed by atoms with Gasteiger partial charge in [0.05, 0.1) is 17.6 Å². The summed E-state index contributed by atoms with van der Waals surface area (Å²) in [5, 5.41) is 9.16. The molecule has 1 aromatic carbocycles. The Bertz CT molecular complexity index is 770. The third-order valence-electron chi connectivity index (χ3n) is 4.60. The number of hydrogen-bond acceptors (Lipinski definition) is 4. The average molecular weight is 359 g/mol. The number of rotatable bonds is 6. The first-order valence-corrected chi connectivity index (χ1v) is 9.39. The Balaban J connectivity index is 1.74. The van der Waals surface area contributed by atoms with Gasteiger partial charge in [-0.15, -0.1) is 11.8 Å². The summed E-state index contributed by atoms with van der Waals surface area (Å²) in [5.41, 5.74) is 0.842. The minimum Gasteiger partial charge on any atom is -0.478 e. The van der Waals surface area contributed by atoms with Crippen molar-refractivity contribution in [3.05, 3.63) is 53.5 Å². The molecule has 2 heterocycles. The van der Waals surface area contributed by atoms with Crippen molar-refractivity contribution in [2.75, 3.05) is 13.1 Å². The zero-order chi connectivity index (χ0) is 17.8. The molecule has 6 heteroatoms. The summed E-state index contributed by atoms with van der Waals surface area (Å²) in [6, 6.07) is 8.93. The van der Waals surface area contributed by atoms with Crippen LogP contribution in [0.3, 0.4) is 0 Å². The molecule has 0 radical (unpaired) electrons. The summed E-state index contributed by atoms with van der Waals surface area (Å²) < 4.78 is 5.28. The van der Waals surface area contributed by atoms with Crippen LogP contribution in [0.2, 0.25) is 0 Å². The Kier molecular flexibility index (Phi) is 5.48. The second-order valence-electron chi connectivity index (χ2n) is 6.16. The molecule has 5 nitrogen and oxygen atoms in total. The van der Waals surface area contributed by atoms with Crippen molar-refractivity contribution in [2.45, 2.75) is 30.4 Å².